The quantitative estimate of drug-likeness (QED) is 0.0261. The molecule has 0 amide bonds. The molecule has 0 saturated carbocycles. The van der Waals surface area contributed by atoms with Gasteiger partial charge in [-0.2, -0.15) is 0 Å². The smallest absolute Gasteiger partial charge is 0.306 e. The van der Waals surface area contributed by atoms with Crippen molar-refractivity contribution >= 4 is 17.9 Å². The normalized spacial score (nSPS) is 12.4. The van der Waals surface area contributed by atoms with Crippen molar-refractivity contribution in [3.63, 3.8) is 0 Å². The molecule has 0 aromatic rings. The van der Waals surface area contributed by atoms with Gasteiger partial charge in [-0.25, -0.2) is 0 Å². The van der Waals surface area contributed by atoms with E-state index in [-0.39, 0.29) is 31.1 Å². The van der Waals surface area contributed by atoms with Crippen LogP contribution in [0.2, 0.25) is 0 Å². The van der Waals surface area contributed by atoms with Gasteiger partial charge in [0, 0.05) is 19.3 Å². The molecule has 0 fully saturated rings. The van der Waals surface area contributed by atoms with Crippen LogP contribution in [-0.2, 0) is 28.6 Å². The lowest BCUT2D eigenvalue weighted by Crippen LogP contribution is -2.30. The maximum atomic E-state index is 12.8. The van der Waals surface area contributed by atoms with Crippen molar-refractivity contribution in [2.75, 3.05) is 13.2 Å². The zero-order chi connectivity index (χ0) is 52.2. The summed E-state index contributed by atoms with van der Waals surface area (Å²) < 4.78 is 16.9. The van der Waals surface area contributed by atoms with Crippen molar-refractivity contribution in [1.29, 1.82) is 0 Å². The van der Waals surface area contributed by atoms with Crippen LogP contribution in [0, 0.1) is 0 Å². The third kappa shape index (κ3) is 58.0. The summed E-state index contributed by atoms with van der Waals surface area (Å²) in [5, 5.41) is 0. The molecule has 1 unspecified atom stereocenters. The second kappa shape index (κ2) is 60.7. The Hall–Kier alpha value is -2.89. The predicted octanol–water partition coefficient (Wildman–Crippen LogP) is 21.2. The van der Waals surface area contributed by atoms with Crippen LogP contribution in [0.1, 0.15) is 323 Å². The van der Waals surface area contributed by atoms with Gasteiger partial charge in [-0.3, -0.25) is 14.4 Å². The summed E-state index contributed by atoms with van der Waals surface area (Å²) in [5.41, 5.74) is 0. The molecule has 0 radical (unpaired) electrons. The van der Waals surface area contributed by atoms with Crippen molar-refractivity contribution < 1.29 is 28.6 Å². The van der Waals surface area contributed by atoms with Crippen molar-refractivity contribution in [2.45, 2.75) is 329 Å². The van der Waals surface area contributed by atoms with Crippen molar-refractivity contribution in [2.24, 2.45) is 0 Å². The summed E-state index contributed by atoms with van der Waals surface area (Å²) in [6.07, 6.45) is 76.7. The minimum Gasteiger partial charge on any atom is -0.462 e. The highest BCUT2D eigenvalue weighted by atomic mass is 16.6. The number of hydrogen-bond donors (Lipinski definition) is 0. The molecule has 0 rings (SSSR count). The van der Waals surface area contributed by atoms with Gasteiger partial charge < -0.3 is 14.2 Å². The molecule has 1 atom stereocenters. The highest BCUT2D eigenvalue weighted by Crippen LogP contribution is 2.17. The van der Waals surface area contributed by atoms with Gasteiger partial charge in [-0.05, 0) is 83.5 Å². The first-order valence-electron chi connectivity index (χ1n) is 31.3. The average Bonchev–Trinajstić information content (AvgIpc) is 3.38. The van der Waals surface area contributed by atoms with Gasteiger partial charge in [0.25, 0.3) is 0 Å². The molecule has 6 heteroatoms. The lowest BCUT2D eigenvalue weighted by atomic mass is 10.0. The Labute approximate surface area is 447 Å². The summed E-state index contributed by atoms with van der Waals surface area (Å²) in [5.74, 6) is -0.892. The van der Waals surface area contributed by atoms with Gasteiger partial charge in [-0.1, -0.05) is 281 Å². The largest absolute Gasteiger partial charge is 0.462 e. The van der Waals surface area contributed by atoms with Crippen LogP contribution >= 0.6 is 0 Å². The van der Waals surface area contributed by atoms with E-state index in [0.717, 1.165) is 96.3 Å². The number of rotatable bonds is 57. The number of unbranched alkanes of at least 4 members (excludes halogenated alkanes) is 36. The van der Waals surface area contributed by atoms with Gasteiger partial charge in [0.1, 0.15) is 13.2 Å². The Morgan fingerprint density at radius 2 is 0.542 bits per heavy atom. The van der Waals surface area contributed by atoms with Crippen LogP contribution in [0.3, 0.4) is 0 Å². The third-order valence-corrected chi connectivity index (χ3v) is 13.8. The van der Waals surface area contributed by atoms with E-state index in [2.05, 4.69) is 81.5 Å². The molecule has 0 bridgehead atoms. The standard InChI is InChI=1S/C66H118O6/c1-4-7-10-13-16-19-22-24-26-28-29-30-31-32-33-34-35-36-37-39-40-42-44-47-50-53-56-59-65(68)71-62-63(61-70-64(67)58-55-52-49-46-21-18-15-12-9-6-3)72-66(69)60-57-54-51-48-45-43-41-38-27-25-23-20-17-14-11-8-5-2/h8,11,17,20,25,27-29,41,43,63H,4-7,9-10,12-16,18-19,21-24,26,30-40,42,44-62H2,1-3H3/b11-8-,20-17-,27-25-,29-28-,43-41-. The van der Waals surface area contributed by atoms with Gasteiger partial charge >= 0.3 is 17.9 Å². The van der Waals surface area contributed by atoms with Gasteiger partial charge in [0.05, 0.1) is 0 Å². The van der Waals surface area contributed by atoms with Crippen LogP contribution < -0.4 is 0 Å². The summed E-state index contributed by atoms with van der Waals surface area (Å²) >= 11 is 0. The fraction of sp³-hybridized carbons (Fsp3) is 0.803. The van der Waals surface area contributed by atoms with Crippen molar-refractivity contribution in [1.82, 2.24) is 0 Å². The van der Waals surface area contributed by atoms with Crippen molar-refractivity contribution in [3.05, 3.63) is 60.8 Å². The second-order valence-corrected chi connectivity index (χ2v) is 20.9. The fourth-order valence-electron chi connectivity index (χ4n) is 9.08. The molecular formula is C66H118O6. The monoisotopic (exact) mass is 1010 g/mol. The summed E-state index contributed by atoms with van der Waals surface area (Å²) in [7, 11) is 0. The first-order valence-corrected chi connectivity index (χ1v) is 31.3. The SMILES string of the molecule is CC/C=C\C/C=C\C/C=C\C/C=C\CCCCCCC(=O)OC(COC(=O)CCCCCCCCCCCC)COC(=O)CCCCCCCCCCCCCCCCC/C=C\CCCCCCCCCC. The zero-order valence-corrected chi connectivity index (χ0v) is 47.9. The Balaban J connectivity index is 4.19. The van der Waals surface area contributed by atoms with Crippen LogP contribution in [0.4, 0.5) is 0 Å². The van der Waals surface area contributed by atoms with Crippen LogP contribution in [0.25, 0.3) is 0 Å². The second-order valence-electron chi connectivity index (χ2n) is 20.9. The van der Waals surface area contributed by atoms with E-state index in [1.807, 2.05) is 0 Å². The molecule has 0 saturated heterocycles. The molecule has 0 N–H and O–H groups in total. The zero-order valence-electron chi connectivity index (χ0n) is 47.9. The molecule has 0 aliphatic heterocycles. The molecule has 0 heterocycles. The van der Waals surface area contributed by atoms with E-state index in [4.69, 9.17) is 14.2 Å². The fourth-order valence-corrected chi connectivity index (χ4v) is 9.08. The Bertz CT molecular complexity index is 1290. The summed E-state index contributed by atoms with van der Waals surface area (Å²) in [4.78, 5) is 38.1. The maximum absolute atomic E-state index is 12.8. The molecule has 0 aliphatic rings. The molecule has 418 valence electrons. The predicted molar refractivity (Wildman–Crippen MR) is 312 cm³/mol. The lowest BCUT2D eigenvalue weighted by molar-refractivity contribution is -0.167. The van der Waals surface area contributed by atoms with Crippen LogP contribution in [0.5, 0.6) is 0 Å². The summed E-state index contributed by atoms with van der Waals surface area (Å²) in [6, 6.07) is 0. The molecule has 0 spiro atoms. The molecule has 0 aromatic heterocycles. The van der Waals surface area contributed by atoms with Gasteiger partial charge in [0.15, 0.2) is 6.10 Å². The molecule has 0 aliphatic carbocycles. The lowest BCUT2D eigenvalue weighted by Gasteiger charge is -2.18. The minimum absolute atomic E-state index is 0.0811. The Kier molecular flexibility index (Phi) is 58.2. The average molecular weight is 1010 g/mol. The topological polar surface area (TPSA) is 78.9 Å². The number of ether oxygens (including phenoxy) is 3. The van der Waals surface area contributed by atoms with E-state index in [9.17, 15) is 14.4 Å². The number of hydrogen-bond acceptors (Lipinski definition) is 6. The Morgan fingerprint density at radius 3 is 0.861 bits per heavy atom. The van der Waals surface area contributed by atoms with Gasteiger partial charge in [0.2, 0.25) is 0 Å². The van der Waals surface area contributed by atoms with E-state index in [1.165, 1.54) is 186 Å². The van der Waals surface area contributed by atoms with E-state index >= 15 is 0 Å². The molecule has 6 nitrogen and oxygen atoms in total. The van der Waals surface area contributed by atoms with Gasteiger partial charge in [-0.15, -0.1) is 0 Å². The minimum atomic E-state index is -0.784. The number of carbonyl (C=O) groups is 3. The van der Waals surface area contributed by atoms with E-state index in [0.29, 0.717) is 19.3 Å². The number of esters is 3. The first kappa shape index (κ1) is 69.1. The van der Waals surface area contributed by atoms with Crippen LogP contribution in [-0.4, -0.2) is 37.2 Å². The molecule has 0 aromatic carbocycles. The van der Waals surface area contributed by atoms with E-state index in [1.54, 1.807) is 0 Å². The first-order chi connectivity index (χ1) is 35.5. The Morgan fingerprint density at radius 1 is 0.292 bits per heavy atom. The molecular weight excluding hydrogens is 889 g/mol. The highest BCUT2D eigenvalue weighted by molar-refractivity contribution is 5.71. The maximum Gasteiger partial charge on any atom is 0.306 e. The number of allylic oxidation sites excluding steroid dienone is 10. The number of carbonyl (C=O) groups excluding carboxylic acids is 3. The van der Waals surface area contributed by atoms with Crippen LogP contribution in [0.15, 0.2) is 60.8 Å². The summed E-state index contributed by atoms with van der Waals surface area (Å²) in [6.45, 7) is 6.53. The molecule has 72 heavy (non-hydrogen) atoms. The third-order valence-electron chi connectivity index (χ3n) is 13.8. The van der Waals surface area contributed by atoms with Crippen molar-refractivity contribution in [3.8, 4) is 0 Å². The van der Waals surface area contributed by atoms with E-state index < -0.39 is 6.10 Å². The highest BCUT2D eigenvalue weighted by Gasteiger charge is 2.19.